The van der Waals surface area contributed by atoms with E-state index in [1.165, 1.54) is 5.56 Å². The molecule has 0 aromatic heterocycles. The molecule has 1 aromatic carbocycles. The minimum atomic E-state index is 1.14. The summed E-state index contributed by atoms with van der Waals surface area (Å²) < 4.78 is 0. The highest BCUT2D eigenvalue weighted by molar-refractivity contribution is 9.11. The average Bonchev–Trinajstić information content (AvgIpc) is 2.07. The Balaban J connectivity index is 3.04. The monoisotopic (exact) mass is 208 g/mol. The summed E-state index contributed by atoms with van der Waals surface area (Å²) in [5.41, 5.74) is 5.42. The Morgan fingerprint density at radius 2 is 2.00 bits per heavy atom. The van der Waals surface area contributed by atoms with Crippen molar-refractivity contribution in [3.05, 3.63) is 46.6 Å². The van der Waals surface area contributed by atoms with Gasteiger partial charge in [0.25, 0.3) is 0 Å². The highest BCUT2D eigenvalue weighted by Gasteiger charge is 1.89. The summed E-state index contributed by atoms with van der Waals surface area (Å²) in [6, 6.07) is 10.2. The number of benzene rings is 1. The third-order valence-corrected chi connectivity index (χ3v) is 1.71. The summed E-state index contributed by atoms with van der Waals surface area (Å²) in [7, 11) is 0. The molecular weight excluding hydrogens is 200 g/mol. The lowest BCUT2D eigenvalue weighted by molar-refractivity contribution is 1.58. The standard InChI is InChI=1S/C10H9Br/c1-9(7-8-11)10-5-3-2-4-6-10/h2-6,8H,1H3. The minimum Gasteiger partial charge on any atom is -0.109 e. The van der Waals surface area contributed by atoms with E-state index in [2.05, 4.69) is 33.8 Å². The number of hydrogen-bond acceptors (Lipinski definition) is 0. The van der Waals surface area contributed by atoms with Crippen LogP contribution in [0.15, 0.2) is 41.0 Å². The fourth-order valence-electron chi connectivity index (χ4n) is 0.853. The lowest BCUT2D eigenvalue weighted by atomic mass is 10.1. The molecule has 0 spiro atoms. The van der Waals surface area contributed by atoms with Crippen molar-refractivity contribution in [1.82, 2.24) is 0 Å². The van der Waals surface area contributed by atoms with Crippen molar-refractivity contribution in [3.8, 4) is 0 Å². The minimum absolute atomic E-state index is 1.14. The highest BCUT2D eigenvalue weighted by Crippen LogP contribution is 2.10. The third-order valence-electron chi connectivity index (χ3n) is 1.48. The quantitative estimate of drug-likeness (QED) is 0.620. The van der Waals surface area contributed by atoms with Gasteiger partial charge >= 0.3 is 0 Å². The second-order valence-corrected chi connectivity index (χ2v) is 2.70. The van der Waals surface area contributed by atoms with Gasteiger partial charge < -0.3 is 0 Å². The number of hydrogen-bond donors (Lipinski definition) is 0. The summed E-state index contributed by atoms with van der Waals surface area (Å²) in [5.74, 6) is 0. The Hall–Kier alpha value is -0.780. The summed E-state index contributed by atoms with van der Waals surface area (Å²) in [5, 5.41) is 0. The average molecular weight is 209 g/mol. The molecule has 0 unspecified atom stereocenters. The zero-order valence-corrected chi connectivity index (χ0v) is 7.93. The molecule has 0 heterocycles. The molecule has 11 heavy (non-hydrogen) atoms. The van der Waals surface area contributed by atoms with Crippen molar-refractivity contribution in [1.29, 1.82) is 0 Å². The highest BCUT2D eigenvalue weighted by atomic mass is 79.9. The maximum Gasteiger partial charge on any atom is 0.0234 e. The normalized spacial score (nSPS) is 8.55. The van der Waals surface area contributed by atoms with E-state index < -0.39 is 0 Å². The van der Waals surface area contributed by atoms with Crippen LogP contribution >= 0.6 is 15.9 Å². The molecule has 56 valence electrons. The van der Waals surface area contributed by atoms with Crippen LogP contribution in [0.2, 0.25) is 0 Å². The molecule has 0 amide bonds. The van der Waals surface area contributed by atoms with Crippen LogP contribution in [0, 0.1) is 0 Å². The first-order chi connectivity index (χ1) is 5.34. The molecule has 0 saturated carbocycles. The molecule has 0 aliphatic rings. The molecule has 0 N–H and O–H groups in total. The van der Waals surface area contributed by atoms with Gasteiger partial charge in [-0.25, -0.2) is 0 Å². The van der Waals surface area contributed by atoms with Gasteiger partial charge in [0.1, 0.15) is 0 Å². The van der Waals surface area contributed by atoms with Gasteiger partial charge in [0.2, 0.25) is 0 Å². The molecule has 1 heteroatoms. The summed E-state index contributed by atoms with van der Waals surface area (Å²) in [4.78, 5) is 1.75. The van der Waals surface area contributed by atoms with Crippen LogP contribution in [0.4, 0.5) is 0 Å². The van der Waals surface area contributed by atoms with E-state index in [0.29, 0.717) is 0 Å². The maximum absolute atomic E-state index is 3.19. The van der Waals surface area contributed by atoms with E-state index in [4.69, 9.17) is 0 Å². The van der Waals surface area contributed by atoms with Crippen molar-refractivity contribution in [2.24, 2.45) is 0 Å². The van der Waals surface area contributed by atoms with Crippen LogP contribution in [-0.2, 0) is 0 Å². The molecule has 0 radical (unpaired) electrons. The van der Waals surface area contributed by atoms with Gasteiger partial charge in [-0.1, -0.05) is 46.3 Å². The van der Waals surface area contributed by atoms with Crippen LogP contribution in [-0.4, -0.2) is 0 Å². The molecule has 0 aliphatic carbocycles. The number of rotatable bonds is 1. The van der Waals surface area contributed by atoms with Gasteiger partial charge in [-0.05, 0) is 18.1 Å². The van der Waals surface area contributed by atoms with Crippen molar-refractivity contribution < 1.29 is 0 Å². The predicted molar refractivity (Wildman–Crippen MR) is 52.5 cm³/mol. The molecule has 1 aromatic rings. The summed E-state index contributed by atoms with van der Waals surface area (Å²) >= 11 is 3.19. The fourth-order valence-corrected chi connectivity index (χ4v) is 1.20. The first-order valence-corrected chi connectivity index (χ1v) is 4.33. The molecule has 0 saturated heterocycles. The Kier molecular flexibility index (Phi) is 3.15. The molecule has 0 atom stereocenters. The smallest absolute Gasteiger partial charge is 0.0234 e. The third kappa shape index (κ3) is 2.38. The van der Waals surface area contributed by atoms with Crippen molar-refractivity contribution in [2.75, 3.05) is 0 Å². The number of halogens is 1. The van der Waals surface area contributed by atoms with Crippen molar-refractivity contribution >= 4 is 21.5 Å². The van der Waals surface area contributed by atoms with Crippen LogP contribution in [0.5, 0.6) is 0 Å². The van der Waals surface area contributed by atoms with Crippen LogP contribution in [0.25, 0.3) is 5.57 Å². The second kappa shape index (κ2) is 4.17. The predicted octanol–water partition coefficient (Wildman–Crippen LogP) is 3.60. The Morgan fingerprint density at radius 1 is 1.36 bits per heavy atom. The second-order valence-electron chi connectivity index (χ2n) is 2.24. The topological polar surface area (TPSA) is 0 Å². The van der Waals surface area contributed by atoms with E-state index in [1.54, 1.807) is 4.99 Å². The molecular formula is C10H9Br. The van der Waals surface area contributed by atoms with Crippen LogP contribution in [0.1, 0.15) is 12.5 Å². The lowest BCUT2D eigenvalue weighted by Gasteiger charge is -1.94. The van der Waals surface area contributed by atoms with Gasteiger partial charge in [0.05, 0.1) is 0 Å². The zero-order chi connectivity index (χ0) is 8.10. The first-order valence-electron chi connectivity index (χ1n) is 3.42. The summed E-state index contributed by atoms with van der Waals surface area (Å²) in [6.07, 6.45) is 0. The van der Waals surface area contributed by atoms with E-state index in [0.717, 1.165) is 5.57 Å². The van der Waals surface area contributed by atoms with Gasteiger partial charge in [0, 0.05) is 4.99 Å². The van der Waals surface area contributed by atoms with Crippen molar-refractivity contribution in [3.63, 3.8) is 0 Å². The van der Waals surface area contributed by atoms with E-state index >= 15 is 0 Å². The van der Waals surface area contributed by atoms with E-state index in [1.807, 2.05) is 25.1 Å². The molecule has 0 aliphatic heterocycles. The summed E-state index contributed by atoms with van der Waals surface area (Å²) in [6.45, 7) is 2.03. The van der Waals surface area contributed by atoms with Gasteiger partial charge in [-0.3, -0.25) is 0 Å². The van der Waals surface area contributed by atoms with E-state index in [9.17, 15) is 0 Å². The number of allylic oxidation sites excluding steroid dienone is 1. The van der Waals surface area contributed by atoms with E-state index in [-0.39, 0.29) is 0 Å². The Bertz CT molecular complexity index is 279. The Morgan fingerprint density at radius 3 is 2.55 bits per heavy atom. The largest absolute Gasteiger partial charge is 0.109 e. The van der Waals surface area contributed by atoms with Gasteiger partial charge in [0.15, 0.2) is 0 Å². The SMILES string of the molecule is CC(=C=CBr)c1ccccc1. The van der Waals surface area contributed by atoms with Crippen molar-refractivity contribution in [2.45, 2.75) is 6.92 Å². The molecule has 1 rings (SSSR count). The lowest BCUT2D eigenvalue weighted by Crippen LogP contribution is -1.73. The van der Waals surface area contributed by atoms with Gasteiger partial charge in [-0.2, -0.15) is 0 Å². The fraction of sp³-hybridized carbons (Fsp3) is 0.100. The van der Waals surface area contributed by atoms with Crippen LogP contribution < -0.4 is 0 Å². The van der Waals surface area contributed by atoms with Crippen LogP contribution in [0.3, 0.4) is 0 Å². The molecule has 0 bridgehead atoms. The molecule has 0 nitrogen and oxygen atoms in total. The maximum atomic E-state index is 3.19. The zero-order valence-electron chi connectivity index (χ0n) is 6.34. The molecule has 0 fully saturated rings. The Labute approximate surface area is 75.4 Å². The van der Waals surface area contributed by atoms with Gasteiger partial charge in [-0.15, -0.1) is 5.73 Å². The first kappa shape index (κ1) is 8.32.